The first-order valence-corrected chi connectivity index (χ1v) is 31.8. The summed E-state index contributed by atoms with van der Waals surface area (Å²) in [4.78, 5) is 12.2. The van der Waals surface area contributed by atoms with E-state index in [4.69, 9.17) is 61.6 Å². The number of amides is 1. The minimum absolute atomic E-state index is 0.0197. The molecule has 0 bridgehead atoms. The number of carbonyl (C=O) groups is 1. The Morgan fingerprint density at radius 3 is 0.880 bits per heavy atom. The molecule has 498 valence electrons. The Balaban J connectivity index is 6.33. The maximum absolute atomic E-state index is 12.2. The fourth-order valence-electron chi connectivity index (χ4n) is 9.37. The number of carbonyl (C=O) groups excluding carboxylic acids is 1. The summed E-state index contributed by atoms with van der Waals surface area (Å²) in [6, 6.07) is 0. The summed E-state index contributed by atoms with van der Waals surface area (Å²) in [5.74, 6) is 0.100. The summed E-state index contributed by atoms with van der Waals surface area (Å²) in [6.07, 6.45) is 8.71. The molecular formula is C68H137NO14. The molecule has 15 nitrogen and oxygen atoms in total. The van der Waals surface area contributed by atoms with E-state index < -0.39 is 44.8 Å². The molecule has 0 saturated carbocycles. The van der Waals surface area contributed by atoms with Crippen molar-refractivity contribution in [1.82, 2.24) is 5.32 Å². The van der Waals surface area contributed by atoms with E-state index in [1.54, 1.807) is 28.4 Å². The van der Waals surface area contributed by atoms with Crippen LogP contribution in [-0.2, 0) is 66.4 Å². The Morgan fingerprint density at radius 2 is 0.602 bits per heavy atom. The van der Waals surface area contributed by atoms with E-state index in [0.29, 0.717) is 98.3 Å². The molecular weight excluding hydrogens is 1050 g/mol. The first-order valence-electron chi connectivity index (χ1n) is 31.8. The van der Waals surface area contributed by atoms with Gasteiger partial charge in [-0.1, -0.05) is 6.92 Å². The van der Waals surface area contributed by atoms with Crippen molar-refractivity contribution in [3.8, 4) is 0 Å². The molecule has 15 heteroatoms. The maximum atomic E-state index is 12.2. The first-order chi connectivity index (χ1) is 37.7. The molecule has 0 aliphatic carbocycles. The van der Waals surface area contributed by atoms with E-state index >= 15 is 0 Å². The molecule has 0 spiro atoms. The number of hydrogen-bond donors (Lipinski definition) is 1. The second-order valence-corrected chi connectivity index (χ2v) is 30.9. The van der Waals surface area contributed by atoms with Crippen LogP contribution in [0.25, 0.3) is 0 Å². The molecule has 1 amide bonds. The number of ether oxygens (including phenoxy) is 13. The monoisotopic (exact) mass is 1190 g/mol. The molecule has 0 saturated heterocycles. The number of nitrogens with one attached hydrogen (secondary N) is 1. The highest BCUT2D eigenvalue weighted by atomic mass is 16.5. The van der Waals surface area contributed by atoms with Crippen molar-refractivity contribution >= 4 is 5.91 Å². The predicted molar refractivity (Wildman–Crippen MR) is 340 cm³/mol. The van der Waals surface area contributed by atoms with Crippen LogP contribution in [0, 0.1) is 17.8 Å². The third-order valence-corrected chi connectivity index (χ3v) is 17.4. The van der Waals surface area contributed by atoms with Gasteiger partial charge in [0.05, 0.1) is 127 Å². The molecule has 0 aromatic rings. The van der Waals surface area contributed by atoms with Gasteiger partial charge in [-0.2, -0.15) is 0 Å². The van der Waals surface area contributed by atoms with E-state index in [0.717, 1.165) is 51.4 Å². The minimum Gasteiger partial charge on any atom is -0.381 e. The van der Waals surface area contributed by atoms with E-state index in [-0.39, 0.29) is 46.1 Å². The van der Waals surface area contributed by atoms with Crippen LogP contribution in [0.1, 0.15) is 250 Å². The summed E-state index contributed by atoms with van der Waals surface area (Å²) in [5, 5.41) is 3.02. The normalized spacial score (nSPS) is 15.5. The van der Waals surface area contributed by atoms with Gasteiger partial charge in [-0.3, -0.25) is 4.79 Å². The lowest BCUT2D eigenvalue weighted by Gasteiger charge is -2.42. The summed E-state index contributed by atoms with van der Waals surface area (Å²) in [6.45, 7) is 59.1. The van der Waals surface area contributed by atoms with Gasteiger partial charge in [-0.15, -0.1) is 0 Å². The van der Waals surface area contributed by atoms with Gasteiger partial charge in [0, 0.05) is 65.8 Å². The number of methoxy groups -OCH3 is 4. The molecule has 0 aromatic heterocycles. The zero-order valence-electron chi connectivity index (χ0n) is 59.7. The van der Waals surface area contributed by atoms with Gasteiger partial charge in [0.15, 0.2) is 0 Å². The third-order valence-electron chi connectivity index (χ3n) is 17.4. The molecule has 3 atom stereocenters. The molecule has 0 aliphatic rings. The lowest BCUT2D eigenvalue weighted by atomic mass is 9.82. The maximum Gasteiger partial charge on any atom is 0.219 e. The molecule has 0 aliphatic heterocycles. The molecule has 0 rings (SSSR count). The molecule has 0 heterocycles. The molecule has 1 N–H and O–H groups in total. The van der Waals surface area contributed by atoms with Crippen LogP contribution in [0.3, 0.4) is 0 Å². The van der Waals surface area contributed by atoms with Gasteiger partial charge >= 0.3 is 0 Å². The Morgan fingerprint density at radius 1 is 0.337 bits per heavy atom. The van der Waals surface area contributed by atoms with Gasteiger partial charge in [0.2, 0.25) is 5.91 Å². The topological polar surface area (TPSA) is 149 Å². The van der Waals surface area contributed by atoms with Crippen molar-refractivity contribution in [2.24, 2.45) is 17.8 Å². The average molecular weight is 1190 g/mol. The largest absolute Gasteiger partial charge is 0.381 e. The van der Waals surface area contributed by atoms with Crippen LogP contribution in [0.4, 0.5) is 0 Å². The van der Waals surface area contributed by atoms with Crippen molar-refractivity contribution in [2.75, 3.05) is 101 Å². The van der Waals surface area contributed by atoms with Crippen LogP contribution >= 0.6 is 0 Å². The van der Waals surface area contributed by atoms with Crippen LogP contribution < -0.4 is 5.32 Å². The average Bonchev–Trinajstić information content (AvgIpc) is 3.35. The molecule has 83 heavy (non-hydrogen) atoms. The van der Waals surface area contributed by atoms with Crippen molar-refractivity contribution < 1.29 is 66.4 Å². The summed E-state index contributed by atoms with van der Waals surface area (Å²) in [7, 11) is 6.99. The van der Waals surface area contributed by atoms with Crippen molar-refractivity contribution in [3.63, 3.8) is 0 Å². The highest BCUT2D eigenvalue weighted by Crippen LogP contribution is 2.38. The first kappa shape index (κ1) is 82.0. The molecule has 0 fully saturated rings. The SMILES string of the molecule is CCCC(=O)NCCCOCC(CC(C)(C)OCCC(C)(C)OCC(CC(C)(C)OCCC(C)(C)OC)C(C)(C)OCCC(C)(C)OC)C(C)(C)OCCC(C)(C)OCC(CC(C)(C)OCCC(C)(C)OC)C(C)(C)OCCC(C)(C)OC. The van der Waals surface area contributed by atoms with Crippen LogP contribution in [0.15, 0.2) is 0 Å². The molecule has 0 aromatic carbocycles. The fraction of sp³-hybridized carbons (Fsp3) is 0.985. The Hall–Kier alpha value is -1.05. The van der Waals surface area contributed by atoms with Crippen LogP contribution in [0.2, 0.25) is 0 Å². The second kappa shape index (κ2) is 36.0. The molecule has 3 unspecified atom stereocenters. The highest BCUT2D eigenvalue weighted by molar-refractivity contribution is 5.75. The van der Waals surface area contributed by atoms with E-state index in [2.05, 4.69) is 171 Å². The smallest absolute Gasteiger partial charge is 0.219 e. The summed E-state index contributed by atoms with van der Waals surface area (Å²) in [5.41, 5.74) is -5.08. The Labute approximate surface area is 511 Å². The van der Waals surface area contributed by atoms with Crippen LogP contribution in [0.5, 0.6) is 0 Å². The highest BCUT2D eigenvalue weighted by Gasteiger charge is 2.41. The lowest BCUT2D eigenvalue weighted by molar-refractivity contribution is -0.157. The zero-order chi connectivity index (χ0) is 64.5. The van der Waals surface area contributed by atoms with Crippen molar-refractivity contribution in [1.29, 1.82) is 0 Å². The van der Waals surface area contributed by atoms with Gasteiger partial charge in [0.1, 0.15) is 0 Å². The predicted octanol–water partition coefficient (Wildman–Crippen LogP) is 14.7. The Bertz CT molecular complexity index is 1730. The van der Waals surface area contributed by atoms with E-state index in [9.17, 15) is 4.79 Å². The van der Waals surface area contributed by atoms with Gasteiger partial charge in [-0.25, -0.2) is 0 Å². The van der Waals surface area contributed by atoms with Crippen molar-refractivity contribution in [2.45, 2.75) is 317 Å². The number of rotatable bonds is 51. The minimum atomic E-state index is -0.581. The summed E-state index contributed by atoms with van der Waals surface area (Å²) < 4.78 is 83.2. The third kappa shape index (κ3) is 37.5. The van der Waals surface area contributed by atoms with Crippen LogP contribution in [-0.4, -0.2) is 174 Å². The Kier molecular flexibility index (Phi) is 35.5. The van der Waals surface area contributed by atoms with Gasteiger partial charge in [-0.05, 0) is 237 Å². The standard InChI is InChI=1S/C68H137NO14/c1-30-32-56(70)69-39-31-40-75-50-53(66(20,21)81-46-38-62(12,13)83-52-55(68(24,25)80-45-36-60(8,9)74-29)49-65(18,19)77-42-34-58(4,5)72-27)47-63(14,15)78-43-37-61(10,11)82-51-54(67(22,23)79-44-35-59(6,7)73-28)48-64(16,17)76-41-33-57(2,3)71-26/h53-55H,30-52H2,1-29H3,(H,69,70). The van der Waals surface area contributed by atoms with Gasteiger partial charge in [0.25, 0.3) is 0 Å². The molecule has 0 radical (unpaired) electrons. The van der Waals surface area contributed by atoms with Gasteiger partial charge < -0.3 is 66.9 Å². The fourth-order valence-corrected chi connectivity index (χ4v) is 9.37. The quantitative estimate of drug-likeness (QED) is 0.0576. The van der Waals surface area contributed by atoms with E-state index in [1.807, 2.05) is 6.92 Å². The zero-order valence-corrected chi connectivity index (χ0v) is 59.7. The van der Waals surface area contributed by atoms with E-state index in [1.165, 1.54) is 0 Å². The lowest BCUT2D eigenvalue weighted by Crippen LogP contribution is -2.45. The van der Waals surface area contributed by atoms with Crippen molar-refractivity contribution in [3.05, 3.63) is 0 Å². The number of hydrogen-bond acceptors (Lipinski definition) is 14. The second-order valence-electron chi connectivity index (χ2n) is 30.9. The summed E-state index contributed by atoms with van der Waals surface area (Å²) >= 11 is 0.